The number of H-pyrrole nitrogens is 1. The number of benzene rings is 2. The molecule has 35 heavy (non-hydrogen) atoms. The van der Waals surface area contributed by atoms with E-state index in [-0.39, 0.29) is 17.9 Å². The maximum Gasteiger partial charge on any atom is 0.325 e. The summed E-state index contributed by atoms with van der Waals surface area (Å²) in [5, 5.41) is 4.65. The van der Waals surface area contributed by atoms with Gasteiger partial charge in [-0.3, -0.25) is 0 Å². The van der Waals surface area contributed by atoms with E-state index < -0.39 is 0 Å². The van der Waals surface area contributed by atoms with Gasteiger partial charge in [0.2, 0.25) is 0 Å². The number of ether oxygens (including phenoxy) is 1. The highest BCUT2D eigenvalue weighted by Gasteiger charge is 2.41. The maximum absolute atomic E-state index is 14.5. The number of aromatic amines is 1. The molecule has 0 spiro atoms. The van der Waals surface area contributed by atoms with Crippen LogP contribution in [0.3, 0.4) is 0 Å². The van der Waals surface area contributed by atoms with Gasteiger partial charge in [0.25, 0.3) is 0 Å². The maximum atomic E-state index is 14.5. The first-order chi connectivity index (χ1) is 17.1. The molecular formula is C25H24FN7OS. The monoisotopic (exact) mass is 489 g/mol. The first kappa shape index (κ1) is 20.8. The molecule has 8 nitrogen and oxygen atoms in total. The average Bonchev–Trinajstić information content (AvgIpc) is 3.59. The van der Waals surface area contributed by atoms with Crippen molar-refractivity contribution >= 4 is 55.0 Å². The molecule has 0 bridgehead atoms. The summed E-state index contributed by atoms with van der Waals surface area (Å²) in [7, 11) is 1.78. The molecule has 4 heterocycles. The number of rotatable bonds is 4. The van der Waals surface area contributed by atoms with E-state index in [1.165, 1.54) is 6.07 Å². The van der Waals surface area contributed by atoms with E-state index in [1.807, 2.05) is 23.7 Å². The fourth-order valence-corrected chi connectivity index (χ4v) is 6.53. The van der Waals surface area contributed by atoms with Crippen LogP contribution >= 0.6 is 11.3 Å². The highest BCUT2D eigenvalue weighted by molar-refractivity contribution is 7.16. The smallest absolute Gasteiger partial charge is 0.325 e. The van der Waals surface area contributed by atoms with Crippen LogP contribution in [0.1, 0.15) is 12.8 Å². The molecule has 5 aromatic rings. The second kappa shape index (κ2) is 7.76. The van der Waals surface area contributed by atoms with Crippen molar-refractivity contribution in [3.8, 4) is 11.8 Å². The number of thiazole rings is 1. The molecule has 4 N–H and O–H groups in total. The molecule has 178 valence electrons. The summed E-state index contributed by atoms with van der Waals surface area (Å²) in [6.45, 7) is 1.75. The van der Waals surface area contributed by atoms with E-state index in [0.29, 0.717) is 28.9 Å². The molecule has 3 atom stereocenters. The van der Waals surface area contributed by atoms with Gasteiger partial charge in [0, 0.05) is 37.6 Å². The Hall–Kier alpha value is -3.50. The summed E-state index contributed by atoms with van der Waals surface area (Å²) >= 11 is 1.56. The topological polar surface area (TPSA) is 105 Å². The zero-order valence-electron chi connectivity index (χ0n) is 19.1. The van der Waals surface area contributed by atoms with Crippen LogP contribution in [0.25, 0.3) is 32.2 Å². The van der Waals surface area contributed by atoms with Crippen LogP contribution in [-0.4, -0.2) is 46.1 Å². The third kappa shape index (κ3) is 3.39. The number of nitrogens with one attached hydrogen (secondary N) is 2. The summed E-state index contributed by atoms with van der Waals surface area (Å²) in [5.41, 5.74) is 11.1. The van der Waals surface area contributed by atoms with Gasteiger partial charge in [-0.15, -0.1) is 11.3 Å². The molecular weight excluding hydrogens is 465 g/mol. The van der Waals surface area contributed by atoms with Crippen LogP contribution in [0.5, 0.6) is 11.8 Å². The van der Waals surface area contributed by atoms with Gasteiger partial charge in [-0.05, 0) is 48.9 Å². The molecule has 10 heteroatoms. The Labute approximate surface area is 204 Å². The highest BCUT2D eigenvalue weighted by atomic mass is 32.1. The van der Waals surface area contributed by atoms with Gasteiger partial charge in [-0.25, -0.2) is 9.37 Å². The summed E-state index contributed by atoms with van der Waals surface area (Å²) in [4.78, 5) is 19.6. The molecule has 2 aromatic carbocycles. The second-order valence-electron chi connectivity index (χ2n) is 9.54. The number of nitrogens with two attached hydrogens (primary N) is 1. The highest BCUT2D eigenvalue weighted by Crippen LogP contribution is 2.43. The van der Waals surface area contributed by atoms with E-state index in [1.54, 1.807) is 24.5 Å². The lowest BCUT2D eigenvalue weighted by Gasteiger charge is -2.21. The molecule has 0 amide bonds. The molecule has 3 aromatic heterocycles. The minimum absolute atomic E-state index is 0.253. The minimum Gasteiger partial charge on any atom is -0.424 e. The van der Waals surface area contributed by atoms with Crippen LogP contribution in [0, 0.1) is 17.7 Å². The molecule has 2 aliphatic rings. The van der Waals surface area contributed by atoms with Crippen molar-refractivity contribution in [2.24, 2.45) is 17.6 Å². The largest absolute Gasteiger partial charge is 0.424 e. The Balaban J connectivity index is 1.38. The van der Waals surface area contributed by atoms with Crippen LogP contribution in [0.2, 0.25) is 0 Å². The molecule has 0 radical (unpaired) electrons. The van der Waals surface area contributed by atoms with Crippen LogP contribution in [0.15, 0.2) is 35.8 Å². The Morgan fingerprint density at radius 2 is 2.00 bits per heavy atom. The lowest BCUT2D eigenvalue weighted by atomic mass is 10.0. The van der Waals surface area contributed by atoms with E-state index in [4.69, 9.17) is 20.4 Å². The lowest BCUT2D eigenvalue weighted by Crippen LogP contribution is -2.26. The number of halogens is 1. The Kier molecular flexibility index (Phi) is 4.62. The first-order valence-electron chi connectivity index (χ1n) is 11.8. The number of anilines is 2. The van der Waals surface area contributed by atoms with Crippen molar-refractivity contribution in [3.05, 3.63) is 41.7 Å². The molecule has 1 saturated heterocycles. The van der Waals surface area contributed by atoms with Crippen molar-refractivity contribution in [1.82, 2.24) is 19.9 Å². The van der Waals surface area contributed by atoms with Gasteiger partial charge in [-0.1, -0.05) is 0 Å². The summed E-state index contributed by atoms with van der Waals surface area (Å²) < 4.78 is 21.7. The number of fused-ring (bicyclic) bond motifs is 5. The number of nitrogens with zero attached hydrogens (tertiary/aromatic N) is 4. The molecule has 2 fully saturated rings. The van der Waals surface area contributed by atoms with Crippen LogP contribution < -0.4 is 20.7 Å². The summed E-state index contributed by atoms with van der Waals surface area (Å²) in [5.74, 6) is 2.20. The lowest BCUT2D eigenvalue weighted by molar-refractivity contribution is 0.444. The third-order valence-electron chi connectivity index (χ3n) is 7.35. The van der Waals surface area contributed by atoms with Crippen LogP contribution in [0.4, 0.5) is 15.9 Å². The van der Waals surface area contributed by atoms with E-state index in [0.717, 1.165) is 58.3 Å². The average molecular weight is 490 g/mol. The van der Waals surface area contributed by atoms with Gasteiger partial charge in [0.15, 0.2) is 0 Å². The van der Waals surface area contributed by atoms with Gasteiger partial charge in [0.1, 0.15) is 23.0 Å². The minimum atomic E-state index is -0.309. The van der Waals surface area contributed by atoms with Crippen molar-refractivity contribution in [2.45, 2.75) is 18.9 Å². The molecule has 7 rings (SSSR count). The van der Waals surface area contributed by atoms with Crippen LogP contribution in [-0.2, 0) is 0 Å². The quantitative estimate of drug-likeness (QED) is 0.331. The standard InChI is InChI=1S/C25H24FN7OS/c1-28-19-7-14(26)6-17-21-23(30-22(17)19)31-25(34-16-2-3-18-20(8-16)35-11-29-18)32-24(21)33-9-12-4-15(27)5-13(12)10-33/h2-3,6-8,11-13,15,28H,4-5,9-10,27H2,1H3,(H,30,31,32)/t12-,13+,15-. The summed E-state index contributed by atoms with van der Waals surface area (Å²) in [6.07, 6.45) is 2.06. The number of hydrogen-bond acceptors (Lipinski definition) is 8. The molecule has 1 aliphatic carbocycles. The Morgan fingerprint density at radius 3 is 2.80 bits per heavy atom. The Bertz CT molecular complexity index is 1580. The number of aromatic nitrogens is 4. The Morgan fingerprint density at radius 1 is 1.17 bits per heavy atom. The normalized spacial score (nSPS) is 21.9. The molecule has 1 saturated carbocycles. The second-order valence-corrected chi connectivity index (χ2v) is 10.4. The van der Waals surface area contributed by atoms with Gasteiger partial charge < -0.3 is 25.7 Å². The molecule has 0 unspecified atom stereocenters. The number of hydrogen-bond donors (Lipinski definition) is 3. The van der Waals surface area contributed by atoms with Gasteiger partial charge in [0.05, 0.1) is 32.3 Å². The SMILES string of the molecule is CNc1cc(F)cc2c1[nH]c1nc(Oc3ccc4ncsc4c3)nc(N3C[C@H]4C[C@@H](N)C[C@H]4C3)c12. The van der Waals surface area contributed by atoms with E-state index in [9.17, 15) is 4.39 Å². The van der Waals surface area contributed by atoms with Crippen molar-refractivity contribution in [1.29, 1.82) is 0 Å². The van der Waals surface area contributed by atoms with E-state index in [2.05, 4.69) is 20.2 Å². The fraction of sp³-hybridized carbons (Fsp3) is 0.320. The molecule has 1 aliphatic heterocycles. The summed E-state index contributed by atoms with van der Waals surface area (Å²) in [6, 6.07) is 9.30. The van der Waals surface area contributed by atoms with Gasteiger partial charge in [-0.2, -0.15) is 9.97 Å². The van der Waals surface area contributed by atoms with E-state index >= 15 is 0 Å². The van der Waals surface area contributed by atoms with Crippen molar-refractivity contribution in [3.63, 3.8) is 0 Å². The van der Waals surface area contributed by atoms with Crippen molar-refractivity contribution < 1.29 is 9.13 Å². The van der Waals surface area contributed by atoms with Crippen molar-refractivity contribution in [2.75, 3.05) is 30.4 Å². The zero-order chi connectivity index (χ0) is 23.7. The predicted octanol–water partition coefficient (Wildman–Crippen LogP) is 4.87. The van der Waals surface area contributed by atoms with Gasteiger partial charge >= 0.3 is 6.01 Å². The third-order valence-corrected chi connectivity index (χ3v) is 8.15. The first-order valence-corrected chi connectivity index (χ1v) is 12.7. The zero-order valence-corrected chi connectivity index (χ0v) is 19.9. The predicted molar refractivity (Wildman–Crippen MR) is 137 cm³/mol. The fourth-order valence-electron chi connectivity index (χ4n) is 5.82.